The van der Waals surface area contributed by atoms with Gasteiger partial charge in [0.2, 0.25) is 5.91 Å². The van der Waals surface area contributed by atoms with Gasteiger partial charge in [-0.3, -0.25) is 19.0 Å². The van der Waals surface area contributed by atoms with Gasteiger partial charge in [-0.25, -0.2) is 0 Å². The number of amides is 1. The van der Waals surface area contributed by atoms with E-state index in [0.29, 0.717) is 30.6 Å². The van der Waals surface area contributed by atoms with Crippen molar-refractivity contribution in [2.24, 2.45) is 11.1 Å². The summed E-state index contributed by atoms with van der Waals surface area (Å²) < 4.78 is 7.51. The van der Waals surface area contributed by atoms with E-state index in [-0.39, 0.29) is 29.4 Å². The second kappa shape index (κ2) is 10.8. The highest BCUT2D eigenvalue weighted by atomic mass is 16.5. The number of aromatic nitrogens is 1. The van der Waals surface area contributed by atoms with Gasteiger partial charge in [-0.15, -0.1) is 0 Å². The number of benzene rings is 2. The zero-order chi connectivity index (χ0) is 27.7. The summed E-state index contributed by atoms with van der Waals surface area (Å²) in [5.74, 6) is -0.551. The molecular weight excluding hydrogens is 492 g/mol. The maximum absolute atomic E-state index is 13.2. The first-order chi connectivity index (χ1) is 18.7. The Balaban J connectivity index is 1.44. The van der Waals surface area contributed by atoms with E-state index in [4.69, 9.17) is 10.5 Å². The molecule has 1 saturated carbocycles. The second-order valence-electron chi connectivity index (χ2n) is 11.7. The Hall–Kier alpha value is -3.65. The second-order valence-corrected chi connectivity index (χ2v) is 11.7. The minimum absolute atomic E-state index is 0.0746. The molecule has 0 spiro atoms. The van der Waals surface area contributed by atoms with Gasteiger partial charge in [-0.05, 0) is 68.3 Å². The van der Waals surface area contributed by atoms with E-state index in [1.807, 2.05) is 41.9 Å². The highest BCUT2D eigenvalue weighted by Gasteiger charge is 2.35. The van der Waals surface area contributed by atoms with Crippen molar-refractivity contribution in [3.63, 3.8) is 0 Å². The van der Waals surface area contributed by atoms with Gasteiger partial charge in [0.15, 0.2) is 0 Å². The van der Waals surface area contributed by atoms with Crippen LogP contribution in [0.2, 0.25) is 0 Å². The molecule has 8 nitrogen and oxygen atoms in total. The number of carbonyl (C=O) groups is 3. The first kappa shape index (κ1) is 26.9. The molecule has 2 aromatic carbocycles. The molecule has 8 heteroatoms. The quantitative estimate of drug-likeness (QED) is 0.357. The molecule has 2 heterocycles. The minimum atomic E-state index is -0.490. The van der Waals surface area contributed by atoms with Gasteiger partial charge in [0.05, 0.1) is 17.5 Å². The number of ether oxygens (including phenoxy) is 1. The largest absolute Gasteiger partial charge is 0.462 e. The molecule has 39 heavy (non-hydrogen) atoms. The maximum atomic E-state index is 13.2. The lowest BCUT2D eigenvalue weighted by Crippen LogP contribution is -2.32. The van der Waals surface area contributed by atoms with Crippen LogP contribution in [0.25, 0.3) is 22.0 Å². The Morgan fingerprint density at radius 1 is 1.08 bits per heavy atom. The smallest absolute Gasteiger partial charge is 0.307 e. The number of hydrogen-bond donors (Lipinski definition) is 3. The van der Waals surface area contributed by atoms with E-state index in [1.165, 1.54) is 0 Å². The lowest BCUT2D eigenvalue weighted by molar-refractivity contribution is -0.150. The molecule has 2 aliphatic rings. The van der Waals surface area contributed by atoms with Gasteiger partial charge in [0, 0.05) is 41.3 Å². The van der Waals surface area contributed by atoms with Gasteiger partial charge in [0.1, 0.15) is 6.10 Å². The molecule has 1 fully saturated rings. The number of anilines is 1. The SMILES string of the molecule is CNCCC(=O)OC1CCC(Nc2cc(-c3c4n(c5ccccc35)C(=O)CC(C)(C)C4)ccc2C(N)=O)CC1. The van der Waals surface area contributed by atoms with Crippen molar-refractivity contribution in [2.75, 3.05) is 18.9 Å². The number of nitrogens with zero attached hydrogens (tertiary/aromatic N) is 1. The molecule has 206 valence electrons. The number of rotatable bonds is 8. The number of nitrogens with two attached hydrogens (primary N) is 1. The van der Waals surface area contributed by atoms with E-state index in [1.54, 1.807) is 6.07 Å². The topological polar surface area (TPSA) is 115 Å². The van der Waals surface area contributed by atoms with Crippen molar-refractivity contribution >= 4 is 34.4 Å². The molecule has 0 atom stereocenters. The third kappa shape index (κ3) is 5.57. The normalized spacial score (nSPS) is 20.4. The van der Waals surface area contributed by atoms with Crippen molar-refractivity contribution in [3.8, 4) is 11.1 Å². The minimum Gasteiger partial charge on any atom is -0.462 e. The van der Waals surface area contributed by atoms with Crippen molar-refractivity contribution in [2.45, 2.75) is 70.9 Å². The average Bonchev–Trinajstić information content (AvgIpc) is 3.21. The van der Waals surface area contributed by atoms with Crippen molar-refractivity contribution in [1.82, 2.24) is 9.88 Å². The number of primary amides is 1. The third-order valence-electron chi connectivity index (χ3n) is 7.98. The predicted molar refractivity (Wildman–Crippen MR) is 153 cm³/mol. The Bertz CT molecular complexity index is 1420. The molecule has 4 N–H and O–H groups in total. The molecule has 0 unspecified atom stereocenters. The number of hydrogen-bond acceptors (Lipinski definition) is 6. The van der Waals surface area contributed by atoms with Crippen molar-refractivity contribution < 1.29 is 19.1 Å². The van der Waals surface area contributed by atoms with Gasteiger partial charge in [0.25, 0.3) is 5.91 Å². The van der Waals surface area contributed by atoms with Crippen LogP contribution in [0, 0.1) is 5.41 Å². The van der Waals surface area contributed by atoms with Crippen LogP contribution in [0.4, 0.5) is 5.69 Å². The van der Waals surface area contributed by atoms with E-state index in [9.17, 15) is 14.4 Å². The number of carbonyl (C=O) groups excluding carboxylic acids is 3. The van der Waals surface area contributed by atoms with Crippen LogP contribution < -0.4 is 16.4 Å². The molecule has 0 radical (unpaired) electrons. The number of esters is 1. The zero-order valence-corrected chi connectivity index (χ0v) is 23.0. The molecule has 1 aliphatic heterocycles. The van der Waals surface area contributed by atoms with Crippen LogP contribution in [0.1, 0.15) is 73.2 Å². The summed E-state index contributed by atoms with van der Waals surface area (Å²) in [4.78, 5) is 37.6. The van der Waals surface area contributed by atoms with Crippen LogP contribution in [0.5, 0.6) is 0 Å². The molecule has 1 aliphatic carbocycles. The van der Waals surface area contributed by atoms with Gasteiger partial charge in [-0.2, -0.15) is 0 Å². The van der Waals surface area contributed by atoms with E-state index < -0.39 is 5.91 Å². The van der Waals surface area contributed by atoms with Crippen LogP contribution in [-0.2, 0) is 16.0 Å². The third-order valence-corrected chi connectivity index (χ3v) is 7.98. The molecular formula is C31H38N4O4. The Labute approximate surface area is 229 Å². The lowest BCUT2D eigenvalue weighted by atomic mass is 9.80. The first-order valence-electron chi connectivity index (χ1n) is 13.9. The van der Waals surface area contributed by atoms with Crippen LogP contribution >= 0.6 is 0 Å². The summed E-state index contributed by atoms with van der Waals surface area (Å²) in [6.07, 6.45) is 4.74. The van der Waals surface area contributed by atoms with E-state index in [0.717, 1.165) is 59.8 Å². The fraction of sp³-hybridized carbons (Fsp3) is 0.452. The standard InChI is InChI=1S/C31H38N4O4/c1-31(2)17-26-29(23-6-4-5-7-25(23)35(26)27(36)18-31)19-8-13-22(30(32)38)24(16-19)34-20-9-11-21(12-10-20)39-28(37)14-15-33-3/h4-8,13,16,20-21,33-34H,9-12,14-15,17-18H2,1-3H3,(H2,32,38). The summed E-state index contributed by atoms with van der Waals surface area (Å²) in [5, 5.41) is 7.56. The molecule has 0 saturated heterocycles. The van der Waals surface area contributed by atoms with Crippen LogP contribution in [-0.4, -0.2) is 48.1 Å². The molecule has 1 amide bonds. The Kier molecular flexibility index (Phi) is 7.49. The number of fused-ring (bicyclic) bond motifs is 3. The average molecular weight is 531 g/mol. The van der Waals surface area contributed by atoms with Crippen molar-refractivity contribution in [1.29, 1.82) is 0 Å². The molecule has 5 rings (SSSR count). The van der Waals surface area contributed by atoms with Gasteiger partial charge < -0.3 is 21.1 Å². The first-order valence-corrected chi connectivity index (χ1v) is 13.9. The Morgan fingerprint density at radius 3 is 2.54 bits per heavy atom. The molecule has 1 aromatic heterocycles. The summed E-state index contributed by atoms with van der Waals surface area (Å²) in [5.41, 5.74) is 10.7. The van der Waals surface area contributed by atoms with Gasteiger partial charge >= 0.3 is 5.97 Å². The number of para-hydroxylation sites is 1. The molecule has 3 aromatic rings. The monoisotopic (exact) mass is 530 g/mol. The number of nitrogens with one attached hydrogen (secondary N) is 2. The maximum Gasteiger partial charge on any atom is 0.307 e. The summed E-state index contributed by atoms with van der Waals surface area (Å²) >= 11 is 0. The molecule has 0 bridgehead atoms. The fourth-order valence-electron chi connectivity index (χ4n) is 6.12. The zero-order valence-electron chi connectivity index (χ0n) is 23.0. The van der Waals surface area contributed by atoms with Crippen molar-refractivity contribution in [3.05, 3.63) is 53.7 Å². The predicted octanol–water partition coefficient (Wildman–Crippen LogP) is 4.90. The highest BCUT2D eigenvalue weighted by Crippen LogP contribution is 2.43. The van der Waals surface area contributed by atoms with Crippen LogP contribution in [0.3, 0.4) is 0 Å². The fourth-order valence-corrected chi connectivity index (χ4v) is 6.12. The lowest BCUT2D eigenvalue weighted by Gasteiger charge is -2.31. The summed E-state index contributed by atoms with van der Waals surface area (Å²) in [6.45, 7) is 4.87. The summed E-state index contributed by atoms with van der Waals surface area (Å²) in [7, 11) is 1.81. The summed E-state index contributed by atoms with van der Waals surface area (Å²) in [6, 6.07) is 13.9. The Morgan fingerprint density at radius 2 is 1.82 bits per heavy atom. The van der Waals surface area contributed by atoms with Gasteiger partial charge in [-0.1, -0.05) is 38.1 Å². The van der Waals surface area contributed by atoms with E-state index in [2.05, 4.69) is 30.5 Å². The van der Waals surface area contributed by atoms with Crippen LogP contribution in [0.15, 0.2) is 42.5 Å². The highest BCUT2D eigenvalue weighted by molar-refractivity contribution is 6.06. The van der Waals surface area contributed by atoms with E-state index >= 15 is 0 Å².